The van der Waals surface area contributed by atoms with E-state index >= 15 is 22.0 Å². The zero-order valence-corrected chi connectivity index (χ0v) is 52.1. The van der Waals surface area contributed by atoms with E-state index in [1.165, 1.54) is 0 Å². The molecule has 434 valence electrons. The molecule has 8 aromatic carbocycles. The maximum Gasteiger partial charge on any atom is 0.200 e. The number of fused-ring (bicyclic) bond motifs is 4. The first-order valence-electron chi connectivity index (χ1n) is 28.6. The van der Waals surface area contributed by atoms with Crippen molar-refractivity contribution in [3.8, 4) is 50.7 Å². The Labute approximate surface area is 506 Å². The summed E-state index contributed by atoms with van der Waals surface area (Å²) in [5, 5.41) is 1.97. The van der Waals surface area contributed by atoms with Crippen LogP contribution in [0.15, 0.2) is 146 Å². The smallest absolute Gasteiger partial charge is 0.200 e. The Balaban J connectivity index is 0.00000803. The number of pyridine rings is 1. The Kier molecular flexibility index (Phi) is 15.1. The maximum atomic E-state index is 16.8. The summed E-state index contributed by atoms with van der Waals surface area (Å²) >= 11 is 0. The van der Waals surface area contributed by atoms with Gasteiger partial charge in [0.25, 0.3) is 0 Å². The van der Waals surface area contributed by atoms with Gasteiger partial charge in [-0.05, 0) is 114 Å². The van der Waals surface area contributed by atoms with Gasteiger partial charge in [-0.25, -0.2) is 26.9 Å². The number of hydrogen-bond donors (Lipinski definition) is 0. The minimum atomic E-state index is -2.24. The van der Waals surface area contributed by atoms with Crippen molar-refractivity contribution in [1.29, 1.82) is 0 Å². The molecule has 0 saturated heterocycles. The molecular formula is C73H68F5N4OPt-3. The van der Waals surface area contributed by atoms with E-state index in [9.17, 15) is 1.37 Å². The fraction of sp³-hybridized carbons (Fsp3) is 0.260. The van der Waals surface area contributed by atoms with Crippen molar-refractivity contribution in [3.63, 3.8) is 0 Å². The molecule has 84 heavy (non-hydrogen) atoms. The normalized spacial score (nSPS) is 13.4. The molecule has 0 spiro atoms. The summed E-state index contributed by atoms with van der Waals surface area (Å²) in [4.78, 5) is 8.53. The van der Waals surface area contributed by atoms with Gasteiger partial charge in [-0.2, -0.15) is 6.07 Å². The van der Waals surface area contributed by atoms with E-state index in [0.717, 1.165) is 55.4 Å². The summed E-state index contributed by atoms with van der Waals surface area (Å²) in [5.41, 5.74) is 7.83. The molecule has 3 heterocycles. The Morgan fingerprint density at radius 2 is 1.06 bits per heavy atom. The molecule has 0 atom stereocenters. The summed E-state index contributed by atoms with van der Waals surface area (Å²) in [6, 6.07) is 52.2. The number of benzene rings is 8. The minimum absolute atomic E-state index is 0. The van der Waals surface area contributed by atoms with Gasteiger partial charge >= 0.3 is 0 Å². The molecule has 5 nitrogen and oxygen atoms in total. The van der Waals surface area contributed by atoms with Crippen LogP contribution in [0.2, 0.25) is 0 Å². The number of para-hydroxylation sites is 3. The van der Waals surface area contributed by atoms with Crippen LogP contribution in [0.4, 0.5) is 44.7 Å². The van der Waals surface area contributed by atoms with Crippen LogP contribution in [-0.4, -0.2) is 9.55 Å². The molecule has 11 heteroatoms. The van der Waals surface area contributed by atoms with Crippen LogP contribution in [0.5, 0.6) is 11.5 Å². The van der Waals surface area contributed by atoms with Gasteiger partial charge in [-0.15, -0.1) is 53.6 Å². The molecule has 0 radical (unpaired) electrons. The zero-order valence-electron chi connectivity index (χ0n) is 50.8. The van der Waals surface area contributed by atoms with E-state index in [0.29, 0.717) is 50.8 Å². The number of halogens is 5. The molecule has 0 N–H and O–H groups in total. The average Bonchev–Trinajstić information content (AvgIpc) is 1.94. The summed E-state index contributed by atoms with van der Waals surface area (Å²) in [5.74, 6) is -9.83. The van der Waals surface area contributed by atoms with Gasteiger partial charge in [0.15, 0.2) is 23.3 Å². The van der Waals surface area contributed by atoms with Crippen molar-refractivity contribution in [2.75, 3.05) is 9.80 Å². The molecule has 0 aliphatic carbocycles. The van der Waals surface area contributed by atoms with Gasteiger partial charge in [0, 0.05) is 73.8 Å². The van der Waals surface area contributed by atoms with Crippen molar-refractivity contribution in [2.24, 2.45) is 0 Å². The third kappa shape index (κ3) is 10.8. The average molecular weight is 1310 g/mol. The van der Waals surface area contributed by atoms with E-state index in [-0.39, 0.29) is 48.6 Å². The maximum absolute atomic E-state index is 16.8. The van der Waals surface area contributed by atoms with E-state index < -0.39 is 46.0 Å². The van der Waals surface area contributed by atoms with Crippen LogP contribution in [-0.2, 0) is 42.7 Å². The summed E-state index contributed by atoms with van der Waals surface area (Å²) in [7, 11) is 0. The van der Waals surface area contributed by atoms with Crippen LogP contribution < -0.4 is 14.5 Å². The van der Waals surface area contributed by atoms with E-state index in [1.54, 1.807) is 17.6 Å². The molecule has 1 aliphatic heterocycles. The van der Waals surface area contributed by atoms with Crippen molar-refractivity contribution in [2.45, 2.75) is 124 Å². The van der Waals surface area contributed by atoms with Crippen molar-refractivity contribution in [1.82, 2.24) is 9.55 Å². The molecule has 0 fully saturated rings. The molecule has 11 rings (SSSR count). The quantitative estimate of drug-likeness (QED) is 0.0624. The number of rotatable bonds is 9. The number of hydrogen-bond acceptors (Lipinski definition) is 4. The predicted octanol–water partition coefficient (Wildman–Crippen LogP) is 21.0. The molecule has 0 saturated carbocycles. The van der Waals surface area contributed by atoms with Crippen LogP contribution in [0.25, 0.3) is 61.0 Å². The molecule has 10 aromatic rings. The van der Waals surface area contributed by atoms with Gasteiger partial charge in [0.05, 0.1) is 5.56 Å². The predicted molar refractivity (Wildman–Crippen MR) is 329 cm³/mol. The van der Waals surface area contributed by atoms with E-state index in [1.807, 2.05) is 143 Å². The van der Waals surface area contributed by atoms with Gasteiger partial charge in [0.2, 0.25) is 5.82 Å². The van der Waals surface area contributed by atoms with Crippen LogP contribution >= 0.6 is 0 Å². The molecule has 1 aliphatic rings. The van der Waals surface area contributed by atoms with Crippen LogP contribution in [0.3, 0.4) is 0 Å². The Hall–Kier alpha value is -7.55. The van der Waals surface area contributed by atoms with Crippen molar-refractivity contribution in [3.05, 3.63) is 221 Å². The van der Waals surface area contributed by atoms with E-state index in [4.69, 9.17) is 9.72 Å². The molecule has 0 bridgehead atoms. The van der Waals surface area contributed by atoms with Gasteiger partial charge in [0.1, 0.15) is 5.82 Å². The Morgan fingerprint density at radius 1 is 0.512 bits per heavy atom. The van der Waals surface area contributed by atoms with Gasteiger partial charge in [-0.1, -0.05) is 175 Å². The molecular weight excluding hydrogens is 1240 g/mol. The second-order valence-electron chi connectivity index (χ2n) is 26.1. The first kappa shape index (κ1) is 58.2. The Morgan fingerprint density at radius 3 is 1.69 bits per heavy atom. The standard InChI is InChI=1S/C73H68F5N4O.Pt/c1-42(2)52-21-15-16-22-53(52)44-33-49(39-51(34-44)83-50-27-28-55-54-23-17-18-24-58(54)82(61(55)40-50)62-38-45(29-30-79-62)70(3,4)5)80-41-81(60-26-20-19-25-59(60)80)69-56(43-31-46(71(6,7)8)35-47(32-43)72(9,10)11)36-48(73(12,13)14)37-57(69)63-64(74)66(76)68(78)67(77)65(63)75;/h15-38,41-42H,1-14H3;/q-3;/i42D;. The minimum Gasteiger partial charge on any atom is -0.509 e. The summed E-state index contributed by atoms with van der Waals surface area (Å²) in [6.07, 6.45) is 1.83. The number of ether oxygens (including phenoxy) is 1. The van der Waals surface area contributed by atoms with Crippen molar-refractivity contribution >= 4 is 44.6 Å². The second-order valence-corrected chi connectivity index (χ2v) is 26.1. The zero-order chi connectivity index (χ0) is 60.3. The summed E-state index contributed by atoms with van der Waals surface area (Å²) < 4.78 is 98.7. The first-order chi connectivity index (χ1) is 39.4. The van der Waals surface area contributed by atoms with E-state index in [2.05, 4.69) is 115 Å². The fourth-order valence-electron chi connectivity index (χ4n) is 11.0. The number of nitrogens with zero attached hydrogens (tertiary/aromatic N) is 4. The molecule has 0 unspecified atom stereocenters. The van der Waals surface area contributed by atoms with Crippen LogP contribution in [0, 0.1) is 47.9 Å². The largest absolute Gasteiger partial charge is 0.509 e. The monoisotopic (exact) mass is 1310 g/mol. The third-order valence-electron chi connectivity index (χ3n) is 15.8. The topological polar surface area (TPSA) is 33.5 Å². The number of aromatic nitrogens is 2. The third-order valence-corrected chi connectivity index (χ3v) is 15.8. The first-order valence-corrected chi connectivity index (χ1v) is 28.1. The summed E-state index contributed by atoms with van der Waals surface area (Å²) in [6.45, 7) is 30.5. The SMILES string of the molecule is [2H]C(C)(C)c1ccccc1-c1cc(Oc2[c-]c3c(cc2)c2ccccc2n3-c2cc(C(C)(C)C)ccn2)[c-]c(N2[CH-]N(c3c(-c4cc(C(C)(C)C)cc(C(C)(C)C)c4)cc(C(C)(C)C)cc3-c3c(F)c(F)c(F)c(F)c3F)c3ccccc32)c1.[Pt]. The van der Waals surface area contributed by atoms with Crippen LogP contribution in [0.1, 0.15) is 132 Å². The Bertz CT molecular complexity index is 4210. The number of anilines is 4. The second kappa shape index (κ2) is 21.8. The molecule has 0 amide bonds. The van der Waals surface area contributed by atoms with Gasteiger partial charge in [-0.3, -0.25) is 0 Å². The van der Waals surface area contributed by atoms with Gasteiger partial charge < -0.3 is 19.1 Å². The fourth-order valence-corrected chi connectivity index (χ4v) is 11.0. The van der Waals surface area contributed by atoms with Crippen molar-refractivity contribution < 1.29 is 49.1 Å². The molecule has 2 aromatic heterocycles.